The van der Waals surface area contributed by atoms with Gasteiger partial charge in [0.15, 0.2) is 5.96 Å². The van der Waals surface area contributed by atoms with Crippen LogP contribution in [0.3, 0.4) is 0 Å². The number of carbonyl (C=O) groups excluding carboxylic acids is 1. The number of benzene rings is 1. The number of guanidine groups is 1. The molecule has 90 valence electrons. The van der Waals surface area contributed by atoms with Gasteiger partial charge in [-0.15, -0.1) is 0 Å². The first-order chi connectivity index (χ1) is 8.10. The zero-order valence-electron chi connectivity index (χ0n) is 9.30. The van der Waals surface area contributed by atoms with Crippen molar-refractivity contribution in [3.8, 4) is 11.5 Å². The van der Waals surface area contributed by atoms with Crippen molar-refractivity contribution in [2.45, 2.75) is 12.5 Å². The van der Waals surface area contributed by atoms with Crippen LogP contribution in [0.25, 0.3) is 0 Å². The number of rotatable bonds is 2. The Labute approximate surface area is 98.1 Å². The Hall–Kier alpha value is -2.24. The minimum Gasteiger partial charge on any atom is -0.507 e. The molecular weight excluding hydrogens is 222 g/mol. The zero-order valence-corrected chi connectivity index (χ0v) is 9.30. The molecule has 17 heavy (non-hydrogen) atoms. The summed E-state index contributed by atoms with van der Waals surface area (Å²) in [7, 11) is 1.51. The summed E-state index contributed by atoms with van der Waals surface area (Å²) >= 11 is 0. The van der Waals surface area contributed by atoms with Crippen molar-refractivity contribution in [2.24, 2.45) is 10.7 Å². The largest absolute Gasteiger partial charge is 0.507 e. The number of phenols is 1. The van der Waals surface area contributed by atoms with E-state index in [0.717, 1.165) is 0 Å². The lowest BCUT2D eigenvalue weighted by Crippen LogP contribution is -2.41. The summed E-state index contributed by atoms with van der Waals surface area (Å²) in [6.07, 6.45) is 0.167. The Morgan fingerprint density at radius 3 is 2.94 bits per heavy atom. The third-order valence-electron chi connectivity index (χ3n) is 2.54. The molecule has 0 unspecified atom stereocenters. The van der Waals surface area contributed by atoms with Gasteiger partial charge in [-0.25, -0.2) is 4.99 Å². The Morgan fingerprint density at radius 1 is 1.59 bits per heavy atom. The van der Waals surface area contributed by atoms with Gasteiger partial charge in [0.2, 0.25) is 5.91 Å². The number of aliphatic imine (C=N–C) groups is 1. The molecule has 0 aromatic heterocycles. The van der Waals surface area contributed by atoms with E-state index in [0.29, 0.717) is 11.3 Å². The summed E-state index contributed by atoms with van der Waals surface area (Å²) in [6, 6.07) is 4.41. The number of nitrogens with two attached hydrogens (primary N) is 1. The first kappa shape index (κ1) is 11.3. The van der Waals surface area contributed by atoms with Gasteiger partial charge in [-0.3, -0.25) is 10.1 Å². The normalized spacial score (nSPS) is 19.5. The second-order valence-electron chi connectivity index (χ2n) is 3.71. The number of nitrogens with zero attached hydrogens (tertiary/aromatic N) is 1. The maximum Gasteiger partial charge on any atom is 0.229 e. The number of carbonyl (C=O) groups is 1. The lowest BCUT2D eigenvalue weighted by molar-refractivity contribution is -0.120. The molecule has 0 fully saturated rings. The minimum absolute atomic E-state index is 0.0422. The molecule has 0 spiro atoms. The van der Waals surface area contributed by atoms with Crippen molar-refractivity contribution < 1.29 is 14.6 Å². The zero-order chi connectivity index (χ0) is 12.4. The van der Waals surface area contributed by atoms with Crippen LogP contribution in [0.15, 0.2) is 23.2 Å². The monoisotopic (exact) mass is 235 g/mol. The number of methoxy groups -OCH3 is 1. The van der Waals surface area contributed by atoms with Gasteiger partial charge in [0.05, 0.1) is 19.6 Å². The number of phenolic OH excluding ortho intramolecular Hbond substituents is 1. The Bertz CT molecular complexity index is 485. The first-order valence-electron chi connectivity index (χ1n) is 5.10. The highest BCUT2D eigenvalue weighted by Gasteiger charge is 2.23. The number of ether oxygens (including phenoxy) is 1. The molecule has 4 N–H and O–H groups in total. The van der Waals surface area contributed by atoms with Gasteiger partial charge in [0.1, 0.15) is 11.5 Å². The van der Waals surface area contributed by atoms with Crippen LogP contribution in [0, 0.1) is 0 Å². The topological polar surface area (TPSA) is 96.9 Å². The maximum atomic E-state index is 11.3. The lowest BCUT2D eigenvalue weighted by atomic mass is 10.0. The fourth-order valence-corrected chi connectivity index (χ4v) is 1.73. The van der Waals surface area contributed by atoms with Crippen molar-refractivity contribution in [1.82, 2.24) is 5.32 Å². The van der Waals surface area contributed by atoms with Crippen molar-refractivity contribution in [3.63, 3.8) is 0 Å². The highest BCUT2D eigenvalue weighted by atomic mass is 16.5. The standard InChI is InChI=1S/C11H13N3O3/c1-17-6-2-3-7(9(15)4-6)8-5-10(16)14-11(12)13-8/h2-4,8,15H,5H2,1H3,(H3,12,13,14,16)/t8-/m1/s1. The van der Waals surface area contributed by atoms with Gasteiger partial charge in [0, 0.05) is 11.6 Å². The Balaban J connectivity index is 2.34. The number of amides is 1. The van der Waals surface area contributed by atoms with E-state index in [1.807, 2.05) is 0 Å². The molecule has 0 aliphatic carbocycles. The van der Waals surface area contributed by atoms with Gasteiger partial charge in [-0.2, -0.15) is 0 Å². The Kier molecular flexibility index (Phi) is 2.86. The predicted octanol–water partition coefficient (Wildman–Crippen LogP) is 0.277. The summed E-state index contributed by atoms with van der Waals surface area (Å²) in [5, 5.41) is 12.2. The van der Waals surface area contributed by atoms with E-state index in [9.17, 15) is 9.90 Å². The van der Waals surface area contributed by atoms with Gasteiger partial charge in [0.25, 0.3) is 0 Å². The molecule has 1 aliphatic heterocycles. The second-order valence-corrected chi connectivity index (χ2v) is 3.71. The highest BCUT2D eigenvalue weighted by Crippen LogP contribution is 2.33. The molecule has 1 aromatic carbocycles. The summed E-state index contributed by atoms with van der Waals surface area (Å²) in [5.41, 5.74) is 6.03. The van der Waals surface area contributed by atoms with Crippen LogP contribution < -0.4 is 15.8 Å². The van der Waals surface area contributed by atoms with Crippen LogP contribution in [-0.2, 0) is 4.79 Å². The van der Waals surface area contributed by atoms with Gasteiger partial charge in [-0.1, -0.05) is 0 Å². The number of hydrogen-bond donors (Lipinski definition) is 3. The summed E-state index contributed by atoms with van der Waals surface area (Å²) < 4.78 is 4.98. The maximum absolute atomic E-state index is 11.3. The molecule has 0 saturated carbocycles. The fraction of sp³-hybridized carbons (Fsp3) is 0.273. The molecular formula is C11H13N3O3. The van der Waals surface area contributed by atoms with E-state index < -0.39 is 6.04 Å². The van der Waals surface area contributed by atoms with E-state index in [2.05, 4.69) is 10.3 Å². The highest BCUT2D eigenvalue weighted by molar-refractivity contribution is 5.98. The number of nitrogens with one attached hydrogen (secondary N) is 1. The van der Waals surface area contributed by atoms with Crippen molar-refractivity contribution in [1.29, 1.82) is 0 Å². The van der Waals surface area contributed by atoms with Crippen LogP contribution in [-0.4, -0.2) is 24.1 Å². The molecule has 6 heteroatoms. The average molecular weight is 235 g/mol. The van der Waals surface area contributed by atoms with Crippen LogP contribution >= 0.6 is 0 Å². The smallest absolute Gasteiger partial charge is 0.229 e. The second kappa shape index (κ2) is 4.32. The SMILES string of the molecule is COc1ccc([C@H]2CC(=O)NC(N)=N2)c(O)c1. The van der Waals surface area contributed by atoms with Gasteiger partial charge in [-0.05, 0) is 12.1 Å². The molecule has 6 nitrogen and oxygen atoms in total. The number of aromatic hydroxyl groups is 1. The van der Waals surface area contributed by atoms with E-state index in [1.54, 1.807) is 12.1 Å². The molecule has 1 atom stereocenters. The first-order valence-corrected chi connectivity index (χ1v) is 5.10. The van der Waals surface area contributed by atoms with Crippen molar-refractivity contribution >= 4 is 11.9 Å². The molecule has 2 rings (SSSR count). The molecule has 0 bridgehead atoms. The Morgan fingerprint density at radius 2 is 2.35 bits per heavy atom. The van der Waals surface area contributed by atoms with E-state index in [-0.39, 0.29) is 24.0 Å². The van der Waals surface area contributed by atoms with Crippen LogP contribution in [0.5, 0.6) is 11.5 Å². The lowest BCUT2D eigenvalue weighted by Gasteiger charge is -2.19. The summed E-state index contributed by atoms with van der Waals surface area (Å²) in [6.45, 7) is 0. The van der Waals surface area contributed by atoms with Crippen molar-refractivity contribution in [2.75, 3.05) is 7.11 Å². The third kappa shape index (κ3) is 2.30. The van der Waals surface area contributed by atoms with E-state index in [4.69, 9.17) is 10.5 Å². The van der Waals surface area contributed by atoms with Gasteiger partial charge >= 0.3 is 0 Å². The molecule has 1 heterocycles. The van der Waals surface area contributed by atoms with Crippen LogP contribution in [0.1, 0.15) is 18.0 Å². The van der Waals surface area contributed by atoms with E-state index >= 15 is 0 Å². The van der Waals surface area contributed by atoms with Crippen molar-refractivity contribution in [3.05, 3.63) is 23.8 Å². The molecule has 1 aliphatic rings. The summed E-state index contributed by atoms with van der Waals surface area (Å²) in [4.78, 5) is 15.4. The van der Waals surface area contributed by atoms with Crippen LogP contribution in [0.4, 0.5) is 0 Å². The van der Waals surface area contributed by atoms with Gasteiger partial charge < -0.3 is 15.6 Å². The minimum atomic E-state index is -0.449. The quantitative estimate of drug-likeness (QED) is 0.685. The average Bonchev–Trinajstić information content (AvgIpc) is 2.27. The number of hydrogen-bond acceptors (Lipinski definition) is 5. The predicted molar refractivity (Wildman–Crippen MR) is 61.8 cm³/mol. The molecule has 1 aromatic rings. The fourth-order valence-electron chi connectivity index (χ4n) is 1.73. The molecule has 1 amide bonds. The molecule has 0 radical (unpaired) electrons. The summed E-state index contributed by atoms with van der Waals surface area (Å²) in [5.74, 6) is 0.447. The third-order valence-corrected chi connectivity index (χ3v) is 2.54. The van der Waals surface area contributed by atoms with Crippen LogP contribution in [0.2, 0.25) is 0 Å². The van der Waals surface area contributed by atoms with E-state index in [1.165, 1.54) is 13.2 Å². The molecule has 0 saturated heterocycles.